The van der Waals surface area contributed by atoms with E-state index in [1.807, 2.05) is 12.1 Å². The summed E-state index contributed by atoms with van der Waals surface area (Å²) in [6.07, 6.45) is 1.43. The molecule has 35 heavy (non-hydrogen) atoms. The van der Waals surface area contributed by atoms with Gasteiger partial charge in [-0.3, -0.25) is 4.79 Å². The number of amides is 1. The zero-order valence-electron chi connectivity index (χ0n) is 19.2. The van der Waals surface area contributed by atoms with Crippen LogP contribution in [0.25, 0.3) is 0 Å². The number of para-hydroxylation sites is 1. The highest BCUT2D eigenvalue weighted by molar-refractivity contribution is 9.10. The van der Waals surface area contributed by atoms with E-state index < -0.39 is 11.9 Å². The molecule has 3 aromatic rings. The van der Waals surface area contributed by atoms with E-state index >= 15 is 0 Å². The molecule has 0 bridgehead atoms. The lowest BCUT2D eigenvalue weighted by molar-refractivity contribution is -0.123. The average molecular weight is 543 g/mol. The molecule has 3 rings (SSSR count). The molecular weight excluding hydrogens is 520 g/mol. The Balaban J connectivity index is 1.60. The number of benzene rings is 3. The number of esters is 1. The topological polar surface area (TPSA) is 105 Å². The Morgan fingerprint density at radius 1 is 0.857 bits per heavy atom. The summed E-state index contributed by atoms with van der Waals surface area (Å²) in [4.78, 5) is 24.6. The predicted molar refractivity (Wildman–Crippen MR) is 133 cm³/mol. The van der Waals surface area contributed by atoms with Crippen molar-refractivity contribution in [3.8, 4) is 28.7 Å². The predicted octanol–water partition coefficient (Wildman–Crippen LogP) is 4.22. The second kappa shape index (κ2) is 12.4. The number of halogens is 1. The van der Waals surface area contributed by atoms with Crippen molar-refractivity contribution in [3.63, 3.8) is 0 Å². The van der Waals surface area contributed by atoms with Crippen LogP contribution in [0.1, 0.15) is 15.9 Å². The molecule has 3 aromatic carbocycles. The monoisotopic (exact) mass is 542 g/mol. The summed E-state index contributed by atoms with van der Waals surface area (Å²) in [6.45, 7) is -0.200. The summed E-state index contributed by atoms with van der Waals surface area (Å²) in [5.41, 5.74) is 3.28. The lowest BCUT2D eigenvalue weighted by Crippen LogP contribution is -2.24. The van der Waals surface area contributed by atoms with Gasteiger partial charge in [-0.05, 0) is 70.0 Å². The van der Waals surface area contributed by atoms with E-state index in [-0.39, 0.29) is 17.9 Å². The third-order valence-electron chi connectivity index (χ3n) is 4.61. The van der Waals surface area contributed by atoms with Crippen LogP contribution in [-0.2, 0) is 4.79 Å². The first-order chi connectivity index (χ1) is 16.9. The Hall–Kier alpha value is -4.05. The van der Waals surface area contributed by atoms with Gasteiger partial charge in [0.2, 0.25) is 0 Å². The van der Waals surface area contributed by atoms with E-state index in [0.29, 0.717) is 28.6 Å². The minimum absolute atomic E-state index is 0.200. The number of carbonyl (C=O) groups excluding carboxylic acids is 2. The Bertz CT molecular complexity index is 1230. The summed E-state index contributed by atoms with van der Waals surface area (Å²) in [5.74, 6) is 0.963. The first-order valence-corrected chi connectivity index (χ1v) is 11.1. The summed E-state index contributed by atoms with van der Waals surface area (Å²) in [7, 11) is 4.44. The normalized spacial score (nSPS) is 10.5. The molecule has 1 amide bonds. The molecule has 0 aliphatic carbocycles. The molecule has 0 aliphatic rings. The molecule has 0 aromatic heterocycles. The molecule has 9 nitrogen and oxygen atoms in total. The Labute approximate surface area is 210 Å². The van der Waals surface area contributed by atoms with Crippen molar-refractivity contribution in [1.82, 2.24) is 5.43 Å². The minimum Gasteiger partial charge on any atom is -0.493 e. The molecule has 0 fully saturated rings. The molecule has 0 atom stereocenters. The van der Waals surface area contributed by atoms with Crippen molar-refractivity contribution in [2.24, 2.45) is 5.10 Å². The van der Waals surface area contributed by atoms with Gasteiger partial charge in [-0.15, -0.1) is 0 Å². The van der Waals surface area contributed by atoms with Gasteiger partial charge in [0.15, 0.2) is 29.6 Å². The average Bonchev–Trinajstić information content (AvgIpc) is 2.88. The van der Waals surface area contributed by atoms with Crippen molar-refractivity contribution in [1.29, 1.82) is 0 Å². The first kappa shape index (κ1) is 25.6. The van der Waals surface area contributed by atoms with Crippen molar-refractivity contribution in [3.05, 3.63) is 76.3 Å². The standard InChI is InChI=1S/C25H23BrN2O7/c1-31-20-11-9-17(13-23(20)33-3)25(30)35-21-10-8-16(12-22(21)32-2)14-27-28-24(29)15-34-19-7-5-4-6-18(19)26/h4-14H,15H2,1-3H3,(H,28,29)/b27-14+. The Kier molecular flexibility index (Phi) is 9.08. The van der Waals surface area contributed by atoms with Crippen LogP contribution in [0.4, 0.5) is 0 Å². The molecule has 1 N–H and O–H groups in total. The van der Waals surface area contributed by atoms with Gasteiger partial charge < -0.3 is 23.7 Å². The number of rotatable bonds is 10. The second-order valence-electron chi connectivity index (χ2n) is 6.88. The fraction of sp³-hybridized carbons (Fsp3) is 0.160. The van der Waals surface area contributed by atoms with E-state index in [2.05, 4.69) is 26.5 Å². The second-order valence-corrected chi connectivity index (χ2v) is 7.74. The summed E-state index contributed by atoms with van der Waals surface area (Å²) >= 11 is 3.35. The number of nitrogens with zero attached hydrogens (tertiary/aromatic N) is 1. The third-order valence-corrected chi connectivity index (χ3v) is 5.26. The van der Waals surface area contributed by atoms with Crippen molar-refractivity contribution < 1.29 is 33.3 Å². The van der Waals surface area contributed by atoms with Gasteiger partial charge in [0.05, 0.1) is 37.6 Å². The molecule has 10 heteroatoms. The van der Waals surface area contributed by atoms with Crippen LogP contribution in [0.2, 0.25) is 0 Å². The van der Waals surface area contributed by atoms with Gasteiger partial charge >= 0.3 is 5.97 Å². The summed E-state index contributed by atoms with van der Waals surface area (Å²) in [6, 6.07) is 16.8. The molecule has 0 unspecified atom stereocenters. The molecular formula is C25H23BrN2O7. The van der Waals surface area contributed by atoms with Crippen LogP contribution in [0.5, 0.6) is 28.7 Å². The van der Waals surface area contributed by atoms with E-state index in [1.165, 1.54) is 33.6 Å². The first-order valence-electron chi connectivity index (χ1n) is 10.3. The smallest absolute Gasteiger partial charge is 0.343 e. The van der Waals surface area contributed by atoms with Gasteiger partial charge in [-0.1, -0.05) is 12.1 Å². The van der Waals surface area contributed by atoms with Crippen LogP contribution in [0, 0.1) is 0 Å². The maximum atomic E-state index is 12.6. The number of nitrogens with one attached hydrogen (secondary N) is 1. The van der Waals surface area contributed by atoms with E-state index in [0.717, 1.165) is 4.47 Å². The zero-order chi connectivity index (χ0) is 25.2. The van der Waals surface area contributed by atoms with Crippen molar-refractivity contribution in [2.45, 2.75) is 0 Å². The number of ether oxygens (including phenoxy) is 5. The van der Waals surface area contributed by atoms with Gasteiger partial charge in [0, 0.05) is 0 Å². The summed E-state index contributed by atoms with van der Waals surface area (Å²) in [5, 5.41) is 3.92. The van der Waals surface area contributed by atoms with Crippen LogP contribution in [0.15, 0.2) is 70.2 Å². The summed E-state index contributed by atoms with van der Waals surface area (Å²) < 4.78 is 27.4. The number of methoxy groups -OCH3 is 3. The Morgan fingerprint density at radius 3 is 2.26 bits per heavy atom. The van der Waals surface area contributed by atoms with Crippen LogP contribution < -0.4 is 29.1 Å². The molecule has 0 heterocycles. The third kappa shape index (κ3) is 6.97. The lowest BCUT2D eigenvalue weighted by Gasteiger charge is -2.11. The quantitative estimate of drug-likeness (QED) is 0.177. The SMILES string of the molecule is COc1ccc(C(=O)Oc2ccc(/C=N/NC(=O)COc3ccccc3Br)cc2OC)cc1OC. The highest BCUT2D eigenvalue weighted by Gasteiger charge is 2.15. The van der Waals surface area contributed by atoms with E-state index in [4.69, 9.17) is 23.7 Å². The van der Waals surface area contributed by atoms with Crippen molar-refractivity contribution >= 4 is 34.0 Å². The largest absolute Gasteiger partial charge is 0.493 e. The fourth-order valence-electron chi connectivity index (χ4n) is 2.89. The zero-order valence-corrected chi connectivity index (χ0v) is 20.8. The van der Waals surface area contributed by atoms with Crippen molar-refractivity contribution in [2.75, 3.05) is 27.9 Å². The number of hydrazone groups is 1. The minimum atomic E-state index is -0.594. The van der Waals surface area contributed by atoms with E-state index in [1.54, 1.807) is 42.5 Å². The number of hydrogen-bond acceptors (Lipinski definition) is 8. The number of carbonyl (C=O) groups is 2. The molecule has 0 aliphatic heterocycles. The Morgan fingerprint density at radius 2 is 1.54 bits per heavy atom. The highest BCUT2D eigenvalue weighted by Crippen LogP contribution is 2.31. The van der Waals surface area contributed by atoms with Crippen LogP contribution in [0.3, 0.4) is 0 Å². The maximum absolute atomic E-state index is 12.6. The van der Waals surface area contributed by atoms with Gasteiger partial charge in [0.25, 0.3) is 5.91 Å². The molecule has 0 saturated heterocycles. The van der Waals surface area contributed by atoms with Gasteiger partial charge in [-0.25, -0.2) is 10.2 Å². The van der Waals surface area contributed by atoms with Gasteiger partial charge in [-0.2, -0.15) is 5.10 Å². The molecule has 0 saturated carbocycles. The number of hydrogen-bond donors (Lipinski definition) is 1. The highest BCUT2D eigenvalue weighted by atomic mass is 79.9. The molecule has 182 valence electrons. The molecule has 0 radical (unpaired) electrons. The maximum Gasteiger partial charge on any atom is 0.343 e. The van der Waals surface area contributed by atoms with E-state index in [9.17, 15) is 9.59 Å². The molecule has 0 spiro atoms. The van der Waals surface area contributed by atoms with Crippen LogP contribution >= 0.6 is 15.9 Å². The fourth-order valence-corrected chi connectivity index (χ4v) is 3.29. The lowest BCUT2D eigenvalue weighted by atomic mass is 10.2. The van der Waals surface area contributed by atoms with Crippen LogP contribution in [-0.4, -0.2) is 46.0 Å². The van der Waals surface area contributed by atoms with Gasteiger partial charge in [0.1, 0.15) is 5.75 Å².